The second kappa shape index (κ2) is 7.19. The van der Waals surface area contributed by atoms with Crippen LogP contribution in [0.4, 0.5) is 5.69 Å². The lowest BCUT2D eigenvalue weighted by atomic mass is 10.1. The minimum absolute atomic E-state index is 0.0335. The van der Waals surface area contributed by atoms with Gasteiger partial charge in [0.1, 0.15) is 0 Å². The van der Waals surface area contributed by atoms with E-state index in [-0.39, 0.29) is 10.8 Å². The van der Waals surface area contributed by atoms with Gasteiger partial charge >= 0.3 is 0 Å². The van der Waals surface area contributed by atoms with E-state index in [4.69, 9.17) is 0 Å². The highest BCUT2D eigenvalue weighted by molar-refractivity contribution is 7.89. The van der Waals surface area contributed by atoms with Crippen LogP contribution in [0.2, 0.25) is 0 Å². The average Bonchev–Trinajstić information content (AvgIpc) is 3.15. The van der Waals surface area contributed by atoms with E-state index in [0.717, 1.165) is 70.4 Å². The van der Waals surface area contributed by atoms with Gasteiger partial charge < -0.3 is 9.80 Å². The van der Waals surface area contributed by atoms with Crippen LogP contribution >= 0.6 is 0 Å². The molecule has 3 heterocycles. The number of carbonyl (C=O) groups excluding carboxylic acids is 1. The number of sulfonamides is 1. The van der Waals surface area contributed by atoms with Crippen LogP contribution in [0.25, 0.3) is 0 Å². The van der Waals surface area contributed by atoms with Crippen LogP contribution in [0, 0.1) is 0 Å². The topological polar surface area (TPSA) is 60.9 Å². The third-order valence-electron chi connectivity index (χ3n) is 5.74. The zero-order valence-corrected chi connectivity index (χ0v) is 16.0. The lowest BCUT2D eigenvalue weighted by Crippen LogP contribution is -2.42. The van der Waals surface area contributed by atoms with Crippen molar-refractivity contribution in [2.75, 3.05) is 44.2 Å². The van der Waals surface area contributed by atoms with Gasteiger partial charge in [0, 0.05) is 45.0 Å². The molecular weight excluding hydrogens is 350 g/mol. The van der Waals surface area contributed by atoms with Crippen molar-refractivity contribution in [3.63, 3.8) is 0 Å². The summed E-state index contributed by atoms with van der Waals surface area (Å²) in [4.78, 5) is 17.2. The number of benzene rings is 1. The summed E-state index contributed by atoms with van der Waals surface area (Å²) in [6.07, 6.45) is 6.15. The van der Waals surface area contributed by atoms with E-state index in [2.05, 4.69) is 4.90 Å². The maximum atomic E-state index is 13.0. The van der Waals surface area contributed by atoms with Crippen LogP contribution in [0.1, 0.15) is 48.9 Å². The fourth-order valence-corrected chi connectivity index (χ4v) is 5.57. The highest BCUT2D eigenvalue weighted by Gasteiger charge is 2.31. The fourth-order valence-electron chi connectivity index (χ4n) is 4.02. The molecule has 0 aromatic heterocycles. The van der Waals surface area contributed by atoms with Gasteiger partial charge in [0.15, 0.2) is 0 Å². The van der Waals surface area contributed by atoms with Crippen molar-refractivity contribution in [1.29, 1.82) is 0 Å². The second-order valence-corrected chi connectivity index (χ2v) is 9.42. The summed E-state index contributed by atoms with van der Waals surface area (Å²) in [5.41, 5.74) is 1.43. The molecule has 0 spiro atoms. The van der Waals surface area contributed by atoms with Crippen molar-refractivity contribution in [2.45, 2.75) is 43.4 Å². The molecule has 3 saturated heterocycles. The molecule has 3 fully saturated rings. The van der Waals surface area contributed by atoms with Crippen LogP contribution < -0.4 is 4.90 Å². The van der Waals surface area contributed by atoms with Gasteiger partial charge in [0.2, 0.25) is 10.0 Å². The first-order valence-electron chi connectivity index (χ1n) is 9.76. The van der Waals surface area contributed by atoms with Crippen molar-refractivity contribution in [1.82, 2.24) is 9.21 Å². The molecule has 0 N–H and O–H groups in total. The smallest absolute Gasteiger partial charge is 0.256 e. The van der Waals surface area contributed by atoms with Gasteiger partial charge in [-0.05, 0) is 50.3 Å². The molecule has 1 aromatic carbocycles. The van der Waals surface area contributed by atoms with Gasteiger partial charge in [-0.2, -0.15) is 4.31 Å². The molecule has 4 rings (SSSR count). The quantitative estimate of drug-likeness (QED) is 0.808. The Kier molecular flexibility index (Phi) is 4.92. The minimum atomic E-state index is -3.53. The Balaban J connectivity index is 1.71. The van der Waals surface area contributed by atoms with Crippen LogP contribution in [-0.2, 0) is 10.0 Å². The molecule has 26 heavy (non-hydrogen) atoms. The molecular formula is C19H27N3O3S. The van der Waals surface area contributed by atoms with E-state index in [0.29, 0.717) is 18.7 Å². The van der Waals surface area contributed by atoms with Gasteiger partial charge in [-0.3, -0.25) is 4.79 Å². The van der Waals surface area contributed by atoms with E-state index in [1.54, 1.807) is 16.4 Å². The van der Waals surface area contributed by atoms with Crippen molar-refractivity contribution in [3.8, 4) is 0 Å². The summed E-state index contributed by atoms with van der Waals surface area (Å²) in [6.45, 7) is 4.54. The maximum Gasteiger partial charge on any atom is 0.256 e. The highest BCUT2D eigenvalue weighted by Crippen LogP contribution is 2.31. The monoisotopic (exact) mass is 377 g/mol. The van der Waals surface area contributed by atoms with E-state index >= 15 is 0 Å². The zero-order valence-electron chi connectivity index (χ0n) is 15.2. The first-order chi connectivity index (χ1) is 12.6. The fraction of sp³-hybridized carbons (Fsp3) is 0.632. The summed E-state index contributed by atoms with van der Waals surface area (Å²) in [6, 6.07) is 5.15. The van der Waals surface area contributed by atoms with Gasteiger partial charge in [-0.25, -0.2) is 8.42 Å². The lowest BCUT2D eigenvalue weighted by molar-refractivity contribution is 0.0652. The molecule has 3 aliphatic rings. The first kappa shape index (κ1) is 17.8. The van der Waals surface area contributed by atoms with Crippen molar-refractivity contribution < 1.29 is 13.2 Å². The van der Waals surface area contributed by atoms with Gasteiger partial charge in [0.05, 0.1) is 10.5 Å². The lowest BCUT2D eigenvalue weighted by Gasteiger charge is -2.33. The third kappa shape index (κ3) is 3.22. The van der Waals surface area contributed by atoms with E-state index in [1.165, 1.54) is 0 Å². The van der Waals surface area contributed by atoms with Crippen molar-refractivity contribution >= 4 is 21.6 Å². The molecule has 1 amide bonds. The largest absolute Gasteiger partial charge is 0.371 e. The van der Waals surface area contributed by atoms with Crippen LogP contribution in [0.5, 0.6) is 0 Å². The number of nitrogens with zero attached hydrogens (tertiary/aromatic N) is 3. The van der Waals surface area contributed by atoms with Crippen molar-refractivity contribution in [3.05, 3.63) is 23.8 Å². The van der Waals surface area contributed by atoms with Crippen LogP contribution in [0.3, 0.4) is 0 Å². The molecule has 0 radical (unpaired) electrons. The predicted molar refractivity (Wildman–Crippen MR) is 101 cm³/mol. The maximum absolute atomic E-state index is 13.0. The molecule has 0 bridgehead atoms. The molecule has 0 saturated carbocycles. The highest BCUT2D eigenvalue weighted by atomic mass is 32.2. The molecule has 142 valence electrons. The number of hydrogen-bond acceptors (Lipinski definition) is 4. The number of amides is 1. The van der Waals surface area contributed by atoms with Crippen LogP contribution in [0.15, 0.2) is 23.1 Å². The number of likely N-dealkylation sites (tertiary alicyclic amines) is 1. The number of piperidine rings is 1. The van der Waals surface area contributed by atoms with Gasteiger partial charge in [-0.15, -0.1) is 0 Å². The standard InChI is InChI=1S/C19H27N3O3S/c23-19(21-11-6-12-21)17-15-16(7-8-18(17)20-9-4-5-10-20)26(24,25)22-13-2-1-3-14-22/h7-8,15H,1-6,9-14H2. The van der Waals surface area contributed by atoms with Crippen molar-refractivity contribution in [2.24, 2.45) is 0 Å². The molecule has 1 aromatic rings. The average molecular weight is 378 g/mol. The van der Waals surface area contributed by atoms with Gasteiger partial charge in [-0.1, -0.05) is 6.42 Å². The number of carbonyl (C=O) groups is 1. The first-order valence-corrected chi connectivity index (χ1v) is 11.2. The number of hydrogen-bond donors (Lipinski definition) is 0. The van der Waals surface area contributed by atoms with Crippen LogP contribution in [-0.4, -0.2) is 62.8 Å². The molecule has 0 unspecified atom stereocenters. The zero-order chi connectivity index (χ0) is 18.1. The summed E-state index contributed by atoms with van der Waals surface area (Å²) in [5.74, 6) is -0.0335. The Morgan fingerprint density at radius 3 is 2.08 bits per heavy atom. The Morgan fingerprint density at radius 2 is 1.46 bits per heavy atom. The third-order valence-corrected chi connectivity index (χ3v) is 7.64. The Hall–Kier alpha value is -1.60. The molecule has 0 aliphatic carbocycles. The number of rotatable bonds is 4. The Bertz CT molecular complexity index is 777. The molecule has 3 aliphatic heterocycles. The summed E-state index contributed by atoms with van der Waals surface area (Å²) in [7, 11) is -3.53. The second-order valence-electron chi connectivity index (χ2n) is 7.48. The number of anilines is 1. The molecule has 6 nitrogen and oxygen atoms in total. The van der Waals surface area contributed by atoms with E-state index in [9.17, 15) is 13.2 Å². The molecule has 7 heteroatoms. The predicted octanol–water partition coefficient (Wildman–Crippen LogP) is 2.31. The molecule has 0 atom stereocenters. The Morgan fingerprint density at radius 1 is 0.808 bits per heavy atom. The normalized spacial score (nSPS) is 21.7. The summed E-state index contributed by atoms with van der Waals surface area (Å²) < 4.78 is 27.6. The Labute approximate surface area is 155 Å². The SMILES string of the molecule is O=C(c1cc(S(=O)(=O)N2CCCCC2)ccc1N1CCCC1)N1CCC1. The summed E-state index contributed by atoms with van der Waals surface area (Å²) in [5, 5.41) is 0. The van der Waals surface area contributed by atoms with E-state index < -0.39 is 10.0 Å². The van der Waals surface area contributed by atoms with Gasteiger partial charge in [0.25, 0.3) is 5.91 Å². The van der Waals surface area contributed by atoms with E-state index in [1.807, 2.05) is 11.0 Å². The summed E-state index contributed by atoms with van der Waals surface area (Å²) >= 11 is 0. The minimum Gasteiger partial charge on any atom is -0.371 e.